The molecule has 6 rings (SSSR count). The van der Waals surface area contributed by atoms with Gasteiger partial charge in [0, 0.05) is 37.6 Å². The van der Waals surface area contributed by atoms with Gasteiger partial charge in [-0.05, 0) is 59.7 Å². The van der Waals surface area contributed by atoms with E-state index in [0.717, 1.165) is 44.3 Å². The van der Waals surface area contributed by atoms with Crippen molar-refractivity contribution < 1.29 is 0 Å². The molecule has 1 aromatic heterocycles. The van der Waals surface area contributed by atoms with Gasteiger partial charge in [0.05, 0.1) is 11.2 Å². The molecule has 0 bridgehead atoms. The van der Waals surface area contributed by atoms with E-state index in [0.29, 0.717) is 0 Å². The van der Waals surface area contributed by atoms with Crippen molar-refractivity contribution in [2.75, 3.05) is 0 Å². The molecule has 1 unspecified atom stereocenters. The summed E-state index contributed by atoms with van der Waals surface area (Å²) in [5, 5.41) is 3.09. The maximum atomic E-state index is 6.19. The second-order valence-corrected chi connectivity index (χ2v) is 11.1. The Morgan fingerprint density at radius 3 is 2.40 bits per heavy atom. The Hall–Kier alpha value is -3.05. The number of pyridine rings is 1. The van der Waals surface area contributed by atoms with E-state index in [-0.39, 0.29) is 5.25 Å². The van der Waals surface area contributed by atoms with Gasteiger partial charge in [-0.25, -0.2) is 4.98 Å². The minimum Gasteiger partial charge on any atom is -0.252 e. The fourth-order valence-electron chi connectivity index (χ4n) is 4.24. The van der Waals surface area contributed by atoms with E-state index in [4.69, 9.17) is 21.6 Å². The molecular formula is C30H21ClN2S2. The fourth-order valence-corrected chi connectivity index (χ4v) is 6.66. The molecule has 4 aromatic carbocycles. The van der Waals surface area contributed by atoms with Crippen molar-refractivity contribution >= 4 is 57.4 Å². The third-order valence-corrected chi connectivity index (χ3v) is 8.55. The molecule has 0 amide bonds. The molecule has 5 heteroatoms. The summed E-state index contributed by atoms with van der Waals surface area (Å²) in [4.78, 5) is 12.6. The van der Waals surface area contributed by atoms with Gasteiger partial charge in [-0.3, -0.25) is 4.99 Å². The first-order valence-corrected chi connectivity index (χ1v) is 13.5. The van der Waals surface area contributed by atoms with E-state index in [1.54, 1.807) is 11.8 Å². The Morgan fingerprint density at radius 1 is 0.800 bits per heavy atom. The van der Waals surface area contributed by atoms with Gasteiger partial charge >= 0.3 is 0 Å². The number of halogens is 1. The zero-order valence-electron chi connectivity index (χ0n) is 18.8. The summed E-state index contributed by atoms with van der Waals surface area (Å²) >= 11 is 9.79. The second kappa shape index (κ2) is 9.90. The van der Waals surface area contributed by atoms with Gasteiger partial charge in [-0.2, -0.15) is 0 Å². The summed E-state index contributed by atoms with van der Waals surface area (Å²) in [6, 6.07) is 37.6. The largest absolute Gasteiger partial charge is 0.252 e. The zero-order chi connectivity index (χ0) is 23.6. The monoisotopic (exact) mass is 508 g/mol. The Bertz CT molecular complexity index is 1530. The zero-order valence-corrected chi connectivity index (χ0v) is 21.2. The van der Waals surface area contributed by atoms with Crippen LogP contribution >= 0.6 is 35.1 Å². The molecule has 0 N–H and O–H groups in total. The molecule has 170 valence electrons. The molecular weight excluding hydrogens is 488 g/mol. The standard InChI is InChI=1S/C30H21ClN2S2/c31-22-16-14-20(15-17-22)27-19-29(35-28-13-7-6-12-26(28)32-27)24-18-21-8-4-5-11-25(21)33-30(24)34-23-9-2-1-3-10-23/h1-18,29H,19H2. The van der Waals surface area contributed by atoms with Crippen molar-refractivity contribution in [2.24, 2.45) is 4.99 Å². The molecule has 1 aliphatic rings. The molecule has 2 heterocycles. The van der Waals surface area contributed by atoms with E-state index < -0.39 is 0 Å². The number of thioether (sulfide) groups is 1. The van der Waals surface area contributed by atoms with E-state index in [1.807, 2.05) is 36.0 Å². The molecule has 0 aliphatic carbocycles. The van der Waals surface area contributed by atoms with Crippen LogP contribution in [0.3, 0.4) is 0 Å². The average molecular weight is 509 g/mol. The van der Waals surface area contributed by atoms with Crippen molar-refractivity contribution in [1.29, 1.82) is 0 Å². The summed E-state index contributed by atoms with van der Waals surface area (Å²) in [5.41, 5.74) is 5.42. The van der Waals surface area contributed by atoms with Gasteiger partial charge in [0.2, 0.25) is 0 Å². The number of para-hydroxylation sites is 2. The van der Waals surface area contributed by atoms with Crippen molar-refractivity contribution in [3.8, 4) is 0 Å². The lowest BCUT2D eigenvalue weighted by Crippen LogP contribution is -2.07. The van der Waals surface area contributed by atoms with Gasteiger partial charge in [-0.15, -0.1) is 11.8 Å². The maximum absolute atomic E-state index is 6.19. The van der Waals surface area contributed by atoms with Crippen molar-refractivity contribution in [3.63, 3.8) is 0 Å². The van der Waals surface area contributed by atoms with Crippen molar-refractivity contribution in [1.82, 2.24) is 4.98 Å². The van der Waals surface area contributed by atoms with Crippen LogP contribution in [0.25, 0.3) is 10.9 Å². The van der Waals surface area contributed by atoms with Crippen LogP contribution in [-0.4, -0.2) is 10.7 Å². The molecule has 0 saturated heterocycles. The van der Waals surface area contributed by atoms with Crippen LogP contribution in [0.1, 0.15) is 22.8 Å². The summed E-state index contributed by atoms with van der Waals surface area (Å²) in [7, 11) is 0. The van der Waals surface area contributed by atoms with Crippen LogP contribution in [0.5, 0.6) is 0 Å². The molecule has 0 spiro atoms. The van der Waals surface area contributed by atoms with E-state index in [9.17, 15) is 0 Å². The van der Waals surface area contributed by atoms with Crippen LogP contribution in [-0.2, 0) is 0 Å². The summed E-state index contributed by atoms with van der Waals surface area (Å²) < 4.78 is 0. The van der Waals surface area contributed by atoms with Crippen LogP contribution in [0, 0.1) is 0 Å². The number of hydrogen-bond donors (Lipinski definition) is 0. The highest BCUT2D eigenvalue weighted by Crippen LogP contribution is 2.48. The minimum absolute atomic E-state index is 0.163. The first-order chi connectivity index (χ1) is 17.2. The van der Waals surface area contributed by atoms with Crippen LogP contribution in [0.4, 0.5) is 5.69 Å². The van der Waals surface area contributed by atoms with Gasteiger partial charge in [-0.1, -0.05) is 84.0 Å². The van der Waals surface area contributed by atoms with Crippen LogP contribution in [0.15, 0.2) is 129 Å². The van der Waals surface area contributed by atoms with Gasteiger partial charge < -0.3 is 0 Å². The number of fused-ring (bicyclic) bond motifs is 2. The molecule has 5 aromatic rings. The van der Waals surface area contributed by atoms with Crippen molar-refractivity contribution in [3.05, 3.63) is 125 Å². The summed E-state index contributed by atoms with van der Waals surface area (Å²) in [6.07, 6.45) is 0.795. The molecule has 0 radical (unpaired) electrons. The normalized spacial score (nSPS) is 15.3. The predicted molar refractivity (Wildman–Crippen MR) is 150 cm³/mol. The Balaban J connectivity index is 1.49. The smallest absolute Gasteiger partial charge is 0.106 e. The summed E-state index contributed by atoms with van der Waals surface area (Å²) in [6.45, 7) is 0. The first kappa shape index (κ1) is 22.4. The molecule has 2 nitrogen and oxygen atoms in total. The van der Waals surface area contributed by atoms with E-state index in [2.05, 4.69) is 84.9 Å². The van der Waals surface area contributed by atoms with Crippen LogP contribution < -0.4 is 0 Å². The topological polar surface area (TPSA) is 25.2 Å². The quantitative estimate of drug-likeness (QED) is 0.241. The van der Waals surface area contributed by atoms with Gasteiger partial charge in [0.25, 0.3) is 0 Å². The third kappa shape index (κ3) is 4.87. The summed E-state index contributed by atoms with van der Waals surface area (Å²) in [5.74, 6) is 0. The molecule has 0 saturated carbocycles. The molecule has 0 fully saturated rings. The highest BCUT2D eigenvalue weighted by Gasteiger charge is 2.26. The van der Waals surface area contributed by atoms with Crippen LogP contribution in [0.2, 0.25) is 5.02 Å². The van der Waals surface area contributed by atoms with E-state index in [1.165, 1.54) is 15.4 Å². The lowest BCUT2D eigenvalue weighted by Gasteiger charge is -2.20. The molecule has 35 heavy (non-hydrogen) atoms. The molecule has 1 atom stereocenters. The number of hydrogen-bond acceptors (Lipinski definition) is 4. The number of aromatic nitrogens is 1. The van der Waals surface area contributed by atoms with Gasteiger partial charge in [0.15, 0.2) is 0 Å². The highest BCUT2D eigenvalue weighted by atomic mass is 35.5. The first-order valence-electron chi connectivity index (χ1n) is 11.4. The second-order valence-electron chi connectivity index (χ2n) is 8.33. The Morgan fingerprint density at radius 2 is 1.54 bits per heavy atom. The lowest BCUT2D eigenvalue weighted by atomic mass is 10.0. The average Bonchev–Trinajstić information content (AvgIpc) is 3.09. The number of benzene rings is 4. The number of rotatable bonds is 4. The minimum atomic E-state index is 0.163. The van der Waals surface area contributed by atoms with Gasteiger partial charge in [0.1, 0.15) is 5.03 Å². The number of aliphatic imine (C=N–C) groups is 1. The third-order valence-electron chi connectivity index (χ3n) is 5.97. The highest BCUT2D eigenvalue weighted by molar-refractivity contribution is 8.00. The lowest BCUT2D eigenvalue weighted by molar-refractivity contribution is 0.943. The Labute approximate surface area is 218 Å². The number of nitrogens with zero attached hydrogens (tertiary/aromatic N) is 2. The Kier molecular flexibility index (Phi) is 6.34. The van der Waals surface area contributed by atoms with E-state index >= 15 is 0 Å². The maximum Gasteiger partial charge on any atom is 0.106 e. The SMILES string of the molecule is Clc1ccc(C2=Nc3ccccc3SC(c3cc4ccccc4nc3Sc3ccccc3)C2)cc1. The van der Waals surface area contributed by atoms with Crippen molar-refractivity contribution in [2.45, 2.75) is 26.5 Å². The molecule has 1 aliphatic heterocycles. The predicted octanol–water partition coefficient (Wildman–Crippen LogP) is 9.40. The fraction of sp³-hybridized carbons (Fsp3) is 0.0667.